The average Bonchev–Trinajstić information content (AvgIpc) is 3.19. The maximum atomic E-state index is 14.1. The second kappa shape index (κ2) is 10.3. The molecule has 1 saturated heterocycles. The van der Waals surface area contributed by atoms with Crippen LogP contribution in [0.25, 0.3) is 0 Å². The predicted octanol–water partition coefficient (Wildman–Crippen LogP) is 4.35. The zero-order valence-corrected chi connectivity index (χ0v) is 20.1. The molecule has 1 fully saturated rings. The molecule has 5 rings (SSSR count). The number of amides is 2. The second-order valence-corrected chi connectivity index (χ2v) is 10.0. The minimum Gasteiger partial charge on any atom is -0.340 e. The van der Waals surface area contributed by atoms with E-state index in [0.717, 1.165) is 24.1 Å². The van der Waals surface area contributed by atoms with Gasteiger partial charge in [-0.3, -0.25) is 14.5 Å². The fraction of sp³-hybridized carbons (Fsp3) is 0.333. The molecule has 2 aromatic carbocycles. The molecule has 3 heterocycles. The molecular formula is C27H27F2N3O2S. The maximum absolute atomic E-state index is 14.1. The summed E-state index contributed by atoms with van der Waals surface area (Å²) in [6.07, 6.45) is 1.52. The van der Waals surface area contributed by atoms with Crippen molar-refractivity contribution in [2.45, 2.75) is 18.9 Å². The zero-order valence-electron chi connectivity index (χ0n) is 19.3. The highest BCUT2D eigenvalue weighted by Crippen LogP contribution is 2.37. The lowest BCUT2D eigenvalue weighted by Gasteiger charge is -2.37. The molecule has 2 aliphatic rings. The highest BCUT2D eigenvalue weighted by molar-refractivity contribution is 7.10. The topological polar surface area (TPSA) is 43.9 Å². The van der Waals surface area contributed by atoms with E-state index in [9.17, 15) is 18.4 Å². The van der Waals surface area contributed by atoms with E-state index in [1.165, 1.54) is 29.1 Å². The van der Waals surface area contributed by atoms with Gasteiger partial charge in [-0.05, 0) is 65.7 Å². The van der Waals surface area contributed by atoms with Gasteiger partial charge in [0, 0.05) is 43.2 Å². The smallest absolute Gasteiger partial charge is 0.254 e. The van der Waals surface area contributed by atoms with Gasteiger partial charge in [-0.25, -0.2) is 8.78 Å². The SMILES string of the molecule is O=C(CN1CCc2sccc2[C@@H]1c1cccc(F)c1)N1CCCN(C(=O)c2cccc(F)c2)CC1. The number of thiophene rings is 1. The van der Waals surface area contributed by atoms with E-state index < -0.39 is 5.82 Å². The molecule has 5 nitrogen and oxygen atoms in total. The Morgan fingerprint density at radius 3 is 2.43 bits per heavy atom. The van der Waals surface area contributed by atoms with Crippen LogP contribution < -0.4 is 0 Å². The standard InChI is InChI=1S/C27H27F2N3O2S/c28-21-6-1-4-19(16-21)26-23-9-15-35-24(23)8-12-32(26)18-25(33)30-10-3-11-31(14-13-30)27(34)20-5-2-7-22(29)17-20/h1-2,4-7,9,15-17,26H,3,8,10-14,18H2/t26-/m0/s1. The lowest BCUT2D eigenvalue weighted by Crippen LogP contribution is -2.45. The molecule has 3 aromatic rings. The van der Waals surface area contributed by atoms with Gasteiger partial charge in [0.1, 0.15) is 11.6 Å². The molecule has 0 N–H and O–H groups in total. The fourth-order valence-corrected chi connectivity index (χ4v) is 5.96. The lowest BCUT2D eigenvalue weighted by atomic mass is 9.93. The van der Waals surface area contributed by atoms with Crippen LogP contribution in [0.3, 0.4) is 0 Å². The first kappa shape index (κ1) is 23.6. The van der Waals surface area contributed by atoms with Crippen LogP contribution in [-0.4, -0.2) is 65.8 Å². The number of hydrogen-bond donors (Lipinski definition) is 0. The van der Waals surface area contributed by atoms with Crippen LogP contribution in [0.4, 0.5) is 8.78 Å². The molecule has 2 aliphatic heterocycles. The van der Waals surface area contributed by atoms with Crippen LogP contribution in [0.15, 0.2) is 60.0 Å². The number of halogens is 2. The summed E-state index contributed by atoms with van der Waals surface area (Å²) in [4.78, 5) is 33.1. The highest BCUT2D eigenvalue weighted by Gasteiger charge is 2.32. The first-order chi connectivity index (χ1) is 17.0. The Morgan fingerprint density at radius 2 is 1.63 bits per heavy atom. The molecule has 2 amide bonds. The molecule has 0 saturated carbocycles. The van der Waals surface area contributed by atoms with E-state index in [-0.39, 0.29) is 30.2 Å². The number of nitrogens with zero attached hydrogens (tertiary/aromatic N) is 3. The van der Waals surface area contributed by atoms with Crippen molar-refractivity contribution in [1.29, 1.82) is 0 Å². The highest BCUT2D eigenvalue weighted by atomic mass is 32.1. The summed E-state index contributed by atoms with van der Waals surface area (Å²) in [6.45, 7) is 2.87. The number of carbonyl (C=O) groups excluding carboxylic acids is 2. The Hall–Kier alpha value is -3.10. The lowest BCUT2D eigenvalue weighted by molar-refractivity contribution is -0.132. The van der Waals surface area contributed by atoms with Crippen molar-refractivity contribution in [2.24, 2.45) is 0 Å². The molecule has 8 heteroatoms. The molecular weight excluding hydrogens is 468 g/mol. The molecule has 1 atom stereocenters. The molecule has 0 spiro atoms. The first-order valence-corrected chi connectivity index (χ1v) is 12.8. The van der Waals surface area contributed by atoms with E-state index in [0.29, 0.717) is 38.2 Å². The quantitative estimate of drug-likeness (QED) is 0.541. The van der Waals surface area contributed by atoms with Gasteiger partial charge in [-0.2, -0.15) is 0 Å². The van der Waals surface area contributed by atoms with Crippen molar-refractivity contribution in [1.82, 2.24) is 14.7 Å². The van der Waals surface area contributed by atoms with Crippen LogP contribution in [0, 0.1) is 11.6 Å². The molecule has 182 valence electrons. The van der Waals surface area contributed by atoms with Gasteiger partial charge in [0.15, 0.2) is 0 Å². The molecule has 35 heavy (non-hydrogen) atoms. The Kier molecular flexibility index (Phi) is 6.92. The largest absolute Gasteiger partial charge is 0.340 e. The van der Waals surface area contributed by atoms with E-state index >= 15 is 0 Å². The summed E-state index contributed by atoms with van der Waals surface area (Å²) in [7, 11) is 0. The van der Waals surface area contributed by atoms with E-state index in [1.54, 1.807) is 34.4 Å². The van der Waals surface area contributed by atoms with E-state index in [2.05, 4.69) is 16.3 Å². The minimum atomic E-state index is -0.439. The molecule has 0 bridgehead atoms. The first-order valence-electron chi connectivity index (χ1n) is 11.9. The predicted molar refractivity (Wildman–Crippen MR) is 131 cm³/mol. The van der Waals surface area contributed by atoms with Crippen LogP contribution in [-0.2, 0) is 11.2 Å². The Labute approximate surface area is 207 Å². The van der Waals surface area contributed by atoms with Gasteiger partial charge in [0.05, 0.1) is 12.6 Å². The average molecular weight is 496 g/mol. The summed E-state index contributed by atoms with van der Waals surface area (Å²) < 4.78 is 27.6. The fourth-order valence-electron chi connectivity index (χ4n) is 5.05. The van der Waals surface area contributed by atoms with Gasteiger partial charge in [0.2, 0.25) is 5.91 Å². The molecule has 0 aliphatic carbocycles. The number of carbonyl (C=O) groups is 2. The maximum Gasteiger partial charge on any atom is 0.254 e. The summed E-state index contributed by atoms with van der Waals surface area (Å²) in [5.74, 6) is -0.937. The van der Waals surface area contributed by atoms with Crippen molar-refractivity contribution in [3.05, 3.63) is 93.2 Å². The Balaban J connectivity index is 1.28. The molecule has 1 aromatic heterocycles. The Bertz CT molecular complexity index is 1230. The molecule has 0 radical (unpaired) electrons. The molecule has 0 unspecified atom stereocenters. The number of benzene rings is 2. The van der Waals surface area contributed by atoms with Gasteiger partial charge in [-0.15, -0.1) is 11.3 Å². The van der Waals surface area contributed by atoms with Crippen LogP contribution in [0.1, 0.15) is 38.8 Å². The van der Waals surface area contributed by atoms with Gasteiger partial charge in [-0.1, -0.05) is 18.2 Å². The third-order valence-electron chi connectivity index (χ3n) is 6.78. The Morgan fingerprint density at radius 1 is 0.886 bits per heavy atom. The third kappa shape index (κ3) is 5.13. The van der Waals surface area contributed by atoms with Gasteiger partial charge < -0.3 is 9.80 Å². The van der Waals surface area contributed by atoms with Gasteiger partial charge >= 0.3 is 0 Å². The van der Waals surface area contributed by atoms with Crippen molar-refractivity contribution in [3.63, 3.8) is 0 Å². The van der Waals surface area contributed by atoms with Crippen molar-refractivity contribution < 1.29 is 18.4 Å². The summed E-state index contributed by atoms with van der Waals surface area (Å²) >= 11 is 1.70. The summed E-state index contributed by atoms with van der Waals surface area (Å²) in [5.41, 5.74) is 2.31. The van der Waals surface area contributed by atoms with Gasteiger partial charge in [0.25, 0.3) is 5.91 Å². The van der Waals surface area contributed by atoms with Crippen molar-refractivity contribution in [2.75, 3.05) is 39.3 Å². The van der Waals surface area contributed by atoms with E-state index in [4.69, 9.17) is 0 Å². The second-order valence-electron chi connectivity index (χ2n) is 9.01. The summed E-state index contributed by atoms with van der Waals surface area (Å²) in [5, 5.41) is 2.06. The third-order valence-corrected chi connectivity index (χ3v) is 7.77. The normalized spacial score (nSPS) is 18.7. The number of rotatable bonds is 4. The minimum absolute atomic E-state index is 0.00476. The van der Waals surface area contributed by atoms with Crippen molar-refractivity contribution >= 4 is 23.2 Å². The van der Waals surface area contributed by atoms with Crippen LogP contribution in [0.5, 0.6) is 0 Å². The number of fused-ring (bicyclic) bond motifs is 1. The number of hydrogen-bond acceptors (Lipinski definition) is 4. The summed E-state index contributed by atoms with van der Waals surface area (Å²) in [6, 6.07) is 14.2. The van der Waals surface area contributed by atoms with Crippen LogP contribution in [0.2, 0.25) is 0 Å². The zero-order chi connectivity index (χ0) is 24.4. The van der Waals surface area contributed by atoms with Crippen LogP contribution >= 0.6 is 11.3 Å². The monoisotopic (exact) mass is 495 g/mol. The van der Waals surface area contributed by atoms with Crippen molar-refractivity contribution in [3.8, 4) is 0 Å². The van der Waals surface area contributed by atoms with E-state index in [1.807, 2.05) is 11.0 Å².